The van der Waals surface area contributed by atoms with E-state index in [1.807, 2.05) is 0 Å². The molecule has 3 rings (SSSR count). The summed E-state index contributed by atoms with van der Waals surface area (Å²) in [6, 6.07) is 8.91. The molecule has 2 fully saturated rings. The lowest BCUT2D eigenvalue weighted by Crippen LogP contribution is -2.66. The van der Waals surface area contributed by atoms with Gasteiger partial charge in [-0.3, -0.25) is 24.0 Å². The first-order chi connectivity index (χ1) is 20.8. The first kappa shape index (κ1) is 35.2. The summed E-state index contributed by atoms with van der Waals surface area (Å²) < 4.78 is 45.2. The Morgan fingerprint density at radius 1 is 0.705 bits per heavy atom. The van der Waals surface area contributed by atoms with Gasteiger partial charge in [0.05, 0.1) is 6.61 Å². The molecule has 2 aliphatic heterocycles. The topological polar surface area (TPSA) is 200 Å². The van der Waals surface area contributed by atoms with Gasteiger partial charge in [0.25, 0.3) is 0 Å². The monoisotopic (exact) mass is 644 g/mol. The maximum atomic E-state index is 12.4. The van der Waals surface area contributed by atoms with Crippen LogP contribution in [0.3, 0.4) is 0 Å². The number of aliphatic hydroxyl groups is 2. The van der Waals surface area contributed by atoms with E-state index in [1.165, 1.54) is 0 Å². The number of ether oxygens (including phenoxy) is 8. The summed E-state index contributed by atoms with van der Waals surface area (Å²) in [4.78, 5) is 61.1. The zero-order chi connectivity index (χ0) is 32.6. The fraction of sp³-hybridized carbons (Fsp3) is 0.607. The molecule has 0 aromatic heterocycles. The normalized spacial score (nSPS) is 31.7. The zero-order valence-corrected chi connectivity index (χ0v) is 25.5. The maximum absolute atomic E-state index is 12.4. The summed E-state index contributed by atoms with van der Waals surface area (Å²) in [5.74, 6) is -3.90. The van der Waals surface area contributed by atoms with Crippen LogP contribution < -0.4 is 0 Å². The van der Waals surface area contributed by atoms with Crippen molar-refractivity contribution in [1.82, 2.24) is 0 Å². The highest BCUT2D eigenvalue weighted by atomic mass is 32.2. The Labute approximate surface area is 257 Å². The van der Waals surface area contributed by atoms with Crippen molar-refractivity contribution in [3.05, 3.63) is 30.3 Å². The molecule has 244 valence electrons. The summed E-state index contributed by atoms with van der Waals surface area (Å²) >= 11 is 1.14. The number of aliphatic hydroxyl groups excluding tert-OH is 2. The Kier molecular flexibility index (Phi) is 12.9. The predicted octanol–water partition coefficient (Wildman–Crippen LogP) is 0.257. The number of carbonyl (C=O) groups excluding carboxylic acids is 5. The molecule has 2 heterocycles. The van der Waals surface area contributed by atoms with Gasteiger partial charge in [0.2, 0.25) is 0 Å². The van der Waals surface area contributed by atoms with Crippen molar-refractivity contribution < 1.29 is 72.1 Å². The molecule has 0 spiro atoms. The highest BCUT2D eigenvalue weighted by Gasteiger charge is 2.56. The molecule has 0 unspecified atom stereocenters. The van der Waals surface area contributed by atoms with Crippen molar-refractivity contribution in [1.29, 1.82) is 0 Å². The standard InChI is InChI=1S/C28H36O15S/c1-13(30)36-12-20-22(43-27-25(39-16(4)33)23(37-14(2)31)21(35)19(11-29)41-27)24(38-15(3)32)26(40-17(5)34)28(42-20)44-18-9-7-6-8-10-18/h6-10,19-29,35H,11-12H2,1-5H3/t19-,20-,21+,22-,23+,24+,25-,26-,27+,28+/m1/s1. The molecule has 1 aromatic carbocycles. The quantitative estimate of drug-likeness (QED) is 0.245. The lowest BCUT2D eigenvalue weighted by molar-refractivity contribution is -0.340. The molecule has 2 aliphatic rings. The molecule has 1 aromatic rings. The minimum atomic E-state index is -1.67. The number of esters is 5. The van der Waals surface area contributed by atoms with Gasteiger partial charge in [-0.1, -0.05) is 30.0 Å². The first-order valence-electron chi connectivity index (χ1n) is 13.6. The van der Waals surface area contributed by atoms with Crippen molar-refractivity contribution in [2.45, 2.75) is 100 Å². The van der Waals surface area contributed by atoms with Gasteiger partial charge in [0.1, 0.15) is 36.5 Å². The summed E-state index contributed by atoms with van der Waals surface area (Å²) in [7, 11) is 0. The second kappa shape index (κ2) is 16.2. The predicted molar refractivity (Wildman–Crippen MR) is 146 cm³/mol. The minimum Gasteiger partial charge on any atom is -0.463 e. The molecule has 2 N–H and O–H groups in total. The van der Waals surface area contributed by atoms with Crippen LogP contribution in [0.2, 0.25) is 0 Å². The molecule has 10 atom stereocenters. The minimum absolute atomic E-state index is 0.430. The van der Waals surface area contributed by atoms with Crippen LogP contribution in [-0.2, 0) is 61.9 Å². The van der Waals surface area contributed by atoms with Gasteiger partial charge >= 0.3 is 29.8 Å². The van der Waals surface area contributed by atoms with Gasteiger partial charge < -0.3 is 48.1 Å². The fourth-order valence-corrected chi connectivity index (χ4v) is 5.82. The van der Waals surface area contributed by atoms with Gasteiger partial charge in [-0.2, -0.15) is 0 Å². The summed E-state index contributed by atoms with van der Waals surface area (Å²) in [6.45, 7) is 4.36. The van der Waals surface area contributed by atoms with Crippen LogP contribution in [0.15, 0.2) is 35.2 Å². The lowest BCUT2D eigenvalue weighted by atomic mass is 9.96. The van der Waals surface area contributed by atoms with E-state index in [2.05, 4.69) is 0 Å². The van der Waals surface area contributed by atoms with E-state index in [0.717, 1.165) is 46.4 Å². The highest BCUT2D eigenvalue weighted by Crippen LogP contribution is 2.39. The van der Waals surface area contributed by atoms with Crippen molar-refractivity contribution in [2.75, 3.05) is 13.2 Å². The molecule has 0 amide bonds. The third-order valence-corrected chi connectivity index (χ3v) is 7.49. The van der Waals surface area contributed by atoms with Crippen LogP contribution in [0.1, 0.15) is 34.6 Å². The molecular formula is C28H36O15S. The maximum Gasteiger partial charge on any atom is 0.303 e. The highest BCUT2D eigenvalue weighted by molar-refractivity contribution is 7.99. The van der Waals surface area contributed by atoms with E-state index >= 15 is 0 Å². The smallest absolute Gasteiger partial charge is 0.303 e. The molecule has 0 aliphatic carbocycles. The number of hydrogen-bond donors (Lipinski definition) is 2. The van der Waals surface area contributed by atoms with Gasteiger partial charge in [-0.15, -0.1) is 0 Å². The van der Waals surface area contributed by atoms with Crippen LogP contribution in [0.5, 0.6) is 0 Å². The lowest BCUT2D eigenvalue weighted by Gasteiger charge is -2.48. The van der Waals surface area contributed by atoms with Crippen molar-refractivity contribution in [2.24, 2.45) is 0 Å². The van der Waals surface area contributed by atoms with E-state index < -0.39 is 104 Å². The Bertz CT molecular complexity index is 1160. The van der Waals surface area contributed by atoms with E-state index in [1.54, 1.807) is 30.3 Å². The number of benzene rings is 1. The second-order valence-electron chi connectivity index (χ2n) is 9.89. The molecule has 0 saturated carbocycles. The van der Waals surface area contributed by atoms with Crippen LogP contribution in [0, 0.1) is 0 Å². The van der Waals surface area contributed by atoms with Crippen LogP contribution in [-0.4, -0.2) is 114 Å². The van der Waals surface area contributed by atoms with E-state index in [-0.39, 0.29) is 0 Å². The Balaban J connectivity index is 2.08. The van der Waals surface area contributed by atoms with Gasteiger partial charge in [-0.25, -0.2) is 0 Å². The Hall–Kier alpha value is -3.28. The third kappa shape index (κ3) is 9.61. The second-order valence-corrected chi connectivity index (χ2v) is 11.1. The zero-order valence-electron chi connectivity index (χ0n) is 24.7. The van der Waals surface area contributed by atoms with Crippen molar-refractivity contribution in [3.8, 4) is 0 Å². The van der Waals surface area contributed by atoms with Crippen molar-refractivity contribution >= 4 is 41.6 Å². The summed E-state index contributed by atoms with van der Waals surface area (Å²) in [6.07, 6.45) is -13.2. The Morgan fingerprint density at radius 3 is 1.80 bits per heavy atom. The molecule has 15 nitrogen and oxygen atoms in total. The third-order valence-electron chi connectivity index (χ3n) is 6.34. The van der Waals surface area contributed by atoms with Crippen LogP contribution in [0.4, 0.5) is 0 Å². The van der Waals surface area contributed by atoms with Crippen molar-refractivity contribution in [3.63, 3.8) is 0 Å². The van der Waals surface area contributed by atoms with Gasteiger partial charge in [0.15, 0.2) is 30.7 Å². The van der Waals surface area contributed by atoms with E-state index in [0.29, 0.717) is 4.90 Å². The molecule has 16 heteroatoms. The van der Waals surface area contributed by atoms with E-state index in [9.17, 15) is 34.2 Å². The number of thioether (sulfide) groups is 1. The Morgan fingerprint density at radius 2 is 1.25 bits per heavy atom. The average molecular weight is 645 g/mol. The molecular weight excluding hydrogens is 608 g/mol. The van der Waals surface area contributed by atoms with E-state index in [4.69, 9.17) is 37.9 Å². The number of hydrogen-bond acceptors (Lipinski definition) is 16. The summed E-state index contributed by atoms with van der Waals surface area (Å²) in [5.41, 5.74) is -1.01. The molecule has 44 heavy (non-hydrogen) atoms. The number of carbonyl (C=O) groups is 5. The van der Waals surface area contributed by atoms with Gasteiger partial charge in [-0.05, 0) is 12.1 Å². The average Bonchev–Trinajstić information content (AvgIpc) is 2.93. The summed E-state index contributed by atoms with van der Waals surface area (Å²) in [5, 5.41) is 20.6. The first-order valence-corrected chi connectivity index (χ1v) is 14.5. The molecule has 0 radical (unpaired) electrons. The van der Waals surface area contributed by atoms with Crippen LogP contribution >= 0.6 is 11.8 Å². The SMILES string of the molecule is CC(=O)OC[C@H]1O[C@@H](Sc2ccccc2)[C@H](OC(C)=O)[C@@H](OC(C)=O)[C@@H]1O[C@@H]1O[C@H](CO)[C@H](O)[C@H](OC(C)=O)[C@H]1OC(C)=O. The fourth-order valence-electron chi connectivity index (χ4n) is 4.70. The molecule has 0 bridgehead atoms. The largest absolute Gasteiger partial charge is 0.463 e. The van der Waals surface area contributed by atoms with Gasteiger partial charge in [0, 0.05) is 39.5 Å². The molecule has 2 saturated heterocycles. The number of rotatable bonds is 11. The van der Waals surface area contributed by atoms with Crippen LogP contribution in [0.25, 0.3) is 0 Å².